The van der Waals surface area contributed by atoms with E-state index in [2.05, 4.69) is 34.3 Å². The molecule has 114 valence electrons. The van der Waals surface area contributed by atoms with Crippen molar-refractivity contribution in [1.82, 2.24) is 15.1 Å². The molecule has 0 aliphatic heterocycles. The van der Waals surface area contributed by atoms with Crippen LogP contribution < -0.4 is 5.32 Å². The zero-order chi connectivity index (χ0) is 15.2. The molecule has 0 unspecified atom stereocenters. The van der Waals surface area contributed by atoms with E-state index in [4.69, 9.17) is 4.52 Å². The van der Waals surface area contributed by atoms with Gasteiger partial charge in [-0.1, -0.05) is 25.9 Å². The minimum Gasteiger partial charge on any atom is -0.391 e. The maximum absolute atomic E-state index is 9.50. The predicted octanol–water partition coefficient (Wildman–Crippen LogP) is 2.51. The number of pyridine rings is 1. The van der Waals surface area contributed by atoms with Crippen LogP contribution in [0.25, 0.3) is 11.5 Å². The van der Waals surface area contributed by atoms with Gasteiger partial charge in [-0.2, -0.15) is 4.98 Å². The van der Waals surface area contributed by atoms with Crippen LogP contribution in [0.1, 0.15) is 33.0 Å². The lowest BCUT2D eigenvalue weighted by atomic mass is 10.1. The second-order valence-corrected chi connectivity index (χ2v) is 5.49. The first-order chi connectivity index (χ1) is 10.1. The van der Waals surface area contributed by atoms with Crippen molar-refractivity contribution in [1.29, 1.82) is 0 Å². The number of aliphatic hydroxyl groups is 1. The van der Waals surface area contributed by atoms with E-state index >= 15 is 0 Å². The number of hydrogen-bond acceptors (Lipinski definition) is 6. The molecular weight excluding hydrogens is 268 g/mol. The van der Waals surface area contributed by atoms with E-state index in [0.717, 1.165) is 12.0 Å². The topological polar surface area (TPSA) is 84.1 Å². The molecule has 0 saturated heterocycles. The van der Waals surface area contributed by atoms with Crippen LogP contribution in [0, 0.1) is 5.92 Å². The van der Waals surface area contributed by atoms with E-state index in [1.165, 1.54) is 0 Å². The SMILES string of the molecule is CC[C@H](O)CNc1ccc(-c2nc(CC(C)C)no2)cn1. The number of aliphatic hydroxyl groups excluding tert-OH is 1. The Morgan fingerprint density at radius 1 is 1.33 bits per heavy atom. The number of nitrogens with zero attached hydrogens (tertiary/aromatic N) is 3. The highest BCUT2D eigenvalue weighted by Crippen LogP contribution is 2.18. The molecule has 21 heavy (non-hydrogen) atoms. The Hall–Kier alpha value is -1.95. The molecule has 0 aliphatic carbocycles. The van der Waals surface area contributed by atoms with E-state index < -0.39 is 0 Å². The number of nitrogens with one attached hydrogen (secondary N) is 1. The van der Waals surface area contributed by atoms with Gasteiger partial charge in [0.2, 0.25) is 0 Å². The highest BCUT2D eigenvalue weighted by atomic mass is 16.5. The lowest BCUT2D eigenvalue weighted by Gasteiger charge is -2.09. The summed E-state index contributed by atoms with van der Waals surface area (Å²) in [6.07, 6.45) is 2.84. The van der Waals surface area contributed by atoms with Crippen molar-refractivity contribution in [2.75, 3.05) is 11.9 Å². The van der Waals surface area contributed by atoms with Gasteiger partial charge >= 0.3 is 0 Å². The Balaban J connectivity index is 1.99. The summed E-state index contributed by atoms with van der Waals surface area (Å²) in [4.78, 5) is 8.64. The first kappa shape index (κ1) is 15.4. The van der Waals surface area contributed by atoms with Crippen LogP contribution in [0.3, 0.4) is 0 Å². The summed E-state index contributed by atoms with van der Waals surface area (Å²) in [5.74, 6) is 2.41. The molecule has 0 saturated carbocycles. The molecule has 0 spiro atoms. The molecule has 0 radical (unpaired) electrons. The normalized spacial score (nSPS) is 12.6. The fourth-order valence-corrected chi connectivity index (χ4v) is 1.81. The van der Waals surface area contributed by atoms with Crippen LogP contribution in [0.4, 0.5) is 5.82 Å². The molecule has 0 fully saturated rings. The van der Waals surface area contributed by atoms with Gasteiger partial charge in [-0.25, -0.2) is 4.98 Å². The largest absolute Gasteiger partial charge is 0.391 e. The molecule has 1 atom stereocenters. The number of hydrogen-bond donors (Lipinski definition) is 2. The first-order valence-corrected chi connectivity index (χ1v) is 7.29. The Kier molecular flexibility index (Phi) is 5.27. The Morgan fingerprint density at radius 2 is 2.14 bits per heavy atom. The molecule has 0 bridgehead atoms. The van der Waals surface area contributed by atoms with Crippen molar-refractivity contribution in [2.24, 2.45) is 5.92 Å². The van der Waals surface area contributed by atoms with E-state index in [1.807, 2.05) is 19.1 Å². The second kappa shape index (κ2) is 7.17. The van der Waals surface area contributed by atoms with Crippen molar-refractivity contribution in [2.45, 2.75) is 39.7 Å². The summed E-state index contributed by atoms with van der Waals surface area (Å²) in [5.41, 5.74) is 0.791. The fourth-order valence-electron chi connectivity index (χ4n) is 1.81. The Bertz CT molecular complexity index is 551. The smallest absolute Gasteiger partial charge is 0.259 e. The predicted molar refractivity (Wildman–Crippen MR) is 80.9 cm³/mol. The summed E-state index contributed by atoms with van der Waals surface area (Å²) >= 11 is 0. The zero-order valence-corrected chi connectivity index (χ0v) is 12.7. The standard InChI is InChI=1S/C15H22N4O2/c1-4-12(20)9-17-13-6-5-11(8-16-13)15-18-14(19-21-15)7-10(2)3/h5-6,8,10,12,20H,4,7,9H2,1-3H3,(H,16,17)/t12-/m0/s1. The van der Waals surface area contributed by atoms with E-state index in [-0.39, 0.29) is 6.10 Å². The molecule has 2 aromatic heterocycles. The van der Waals surface area contributed by atoms with Crippen LogP contribution >= 0.6 is 0 Å². The van der Waals surface area contributed by atoms with Gasteiger partial charge < -0.3 is 14.9 Å². The van der Waals surface area contributed by atoms with Crippen LogP contribution in [0.2, 0.25) is 0 Å². The van der Waals surface area contributed by atoms with E-state index in [0.29, 0.717) is 36.4 Å². The molecule has 6 heteroatoms. The van der Waals surface area contributed by atoms with Crippen LogP contribution in [-0.2, 0) is 6.42 Å². The Morgan fingerprint density at radius 3 is 2.76 bits per heavy atom. The highest BCUT2D eigenvalue weighted by molar-refractivity contribution is 5.54. The second-order valence-electron chi connectivity index (χ2n) is 5.49. The van der Waals surface area contributed by atoms with Gasteiger partial charge in [0.1, 0.15) is 5.82 Å². The van der Waals surface area contributed by atoms with Crippen molar-refractivity contribution in [3.63, 3.8) is 0 Å². The molecule has 0 aromatic carbocycles. The van der Waals surface area contributed by atoms with Crippen LogP contribution in [0.5, 0.6) is 0 Å². The van der Waals surface area contributed by atoms with Crippen molar-refractivity contribution >= 4 is 5.82 Å². The average Bonchev–Trinajstić information content (AvgIpc) is 2.93. The van der Waals surface area contributed by atoms with Crippen molar-refractivity contribution in [3.05, 3.63) is 24.2 Å². The van der Waals surface area contributed by atoms with Crippen molar-refractivity contribution < 1.29 is 9.63 Å². The van der Waals surface area contributed by atoms with Gasteiger partial charge in [0.15, 0.2) is 5.82 Å². The summed E-state index contributed by atoms with van der Waals surface area (Å²) in [6.45, 7) is 6.65. The summed E-state index contributed by atoms with van der Waals surface area (Å²) in [6, 6.07) is 3.71. The number of rotatable bonds is 7. The molecule has 6 nitrogen and oxygen atoms in total. The molecule has 2 N–H and O–H groups in total. The summed E-state index contributed by atoms with van der Waals surface area (Å²) in [5, 5.41) is 16.5. The van der Waals surface area contributed by atoms with E-state index in [9.17, 15) is 5.11 Å². The first-order valence-electron chi connectivity index (χ1n) is 7.29. The van der Waals surface area contributed by atoms with Gasteiger partial charge in [0.25, 0.3) is 5.89 Å². The minimum atomic E-state index is -0.360. The quantitative estimate of drug-likeness (QED) is 0.815. The molecule has 2 aromatic rings. The van der Waals surface area contributed by atoms with Gasteiger partial charge in [-0.15, -0.1) is 0 Å². The molecule has 2 rings (SSSR count). The summed E-state index contributed by atoms with van der Waals surface area (Å²) < 4.78 is 5.25. The molecular formula is C15H22N4O2. The molecule has 0 amide bonds. The number of anilines is 1. The molecule has 2 heterocycles. The summed E-state index contributed by atoms with van der Waals surface area (Å²) in [7, 11) is 0. The zero-order valence-electron chi connectivity index (χ0n) is 12.7. The van der Waals surface area contributed by atoms with Crippen LogP contribution in [0.15, 0.2) is 22.9 Å². The third-order valence-electron chi connectivity index (χ3n) is 3.06. The monoisotopic (exact) mass is 290 g/mol. The fraction of sp³-hybridized carbons (Fsp3) is 0.533. The van der Waals surface area contributed by atoms with Gasteiger partial charge in [-0.3, -0.25) is 0 Å². The van der Waals surface area contributed by atoms with E-state index in [1.54, 1.807) is 6.20 Å². The highest BCUT2D eigenvalue weighted by Gasteiger charge is 2.10. The van der Waals surface area contributed by atoms with Crippen LogP contribution in [-0.4, -0.2) is 32.9 Å². The van der Waals surface area contributed by atoms with Gasteiger partial charge in [-0.05, 0) is 24.5 Å². The maximum atomic E-state index is 9.50. The van der Waals surface area contributed by atoms with Gasteiger partial charge in [0, 0.05) is 19.2 Å². The lowest BCUT2D eigenvalue weighted by molar-refractivity contribution is 0.183. The van der Waals surface area contributed by atoms with Crippen molar-refractivity contribution in [3.8, 4) is 11.5 Å². The third-order valence-corrected chi connectivity index (χ3v) is 3.06. The maximum Gasteiger partial charge on any atom is 0.259 e. The average molecular weight is 290 g/mol. The molecule has 0 aliphatic rings. The Labute approximate surface area is 124 Å². The number of aromatic nitrogens is 3. The lowest BCUT2D eigenvalue weighted by Crippen LogP contribution is -2.18. The third kappa shape index (κ3) is 4.53. The minimum absolute atomic E-state index is 0.360. The van der Waals surface area contributed by atoms with Gasteiger partial charge in [0.05, 0.1) is 11.7 Å².